The summed E-state index contributed by atoms with van der Waals surface area (Å²) in [5.74, 6) is -0.484. The predicted molar refractivity (Wildman–Crippen MR) is 115 cm³/mol. The molecule has 7 heteroatoms. The number of hydrogen-bond donors (Lipinski definition) is 2. The minimum atomic E-state index is -0.563. The molecule has 2 aliphatic heterocycles. The topological polar surface area (TPSA) is 69.6 Å². The average Bonchev–Trinajstić information content (AvgIpc) is 3.35. The summed E-state index contributed by atoms with van der Waals surface area (Å²) in [6.07, 6.45) is -0.563. The molecule has 5 nitrogen and oxygen atoms in total. The van der Waals surface area contributed by atoms with E-state index in [0.717, 1.165) is 5.56 Å². The van der Waals surface area contributed by atoms with E-state index in [1.54, 1.807) is 11.8 Å². The van der Waals surface area contributed by atoms with Crippen LogP contribution in [0.4, 0.5) is 4.39 Å². The van der Waals surface area contributed by atoms with Crippen LogP contribution in [0.1, 0.15) is 15.9 Å². The van der Waals surface area contributed by atoms with Gasteiger partial charge in [-0.1, -0.05) is 30.3 Å². The van der Waals surface area contributed by atoms with E-state index >= 15 is 0 Å². The number of Topliss-reactive ketones (excluding diaryl/α,β-unsaturated/α-hetero) is 1. The maximum Gasteiger partial charge on any atom is 0.225 e. The van der Waals surface area contributed by atoms with Gasteiger partial charge in [-0.05, 0) is 29.8 Å². The Morgan fingerprint density at radius 2 is 1.73 bits per heavy atom. The molecule has 2 aromatic rings. The number of amides is 1. The predicted octanol–water partition coefficient (Wildman–Crippen LogP) is 2.35. The summed E-state index contributed by atoms with van der Waals surface area (Å²) in [6, 6.07) is 15.1. The number of nitrogens with zero attached hydrogens (tertiary/aromatic N) is 1. The maximum atomic E-state index is 13.3. The molecule has 0 saturated carbocycles. The zero-order valence-electron chi connectivity index (χ0n) is 16.5. The van der Waals surface area contributed by atoms with Gasteiger partial charge in [-0.15, -0.1) is 0 Å². The number of aliphatic hydroxyl groups excluding tert-OH is 1. The highest BCUT2D eigenvalue weighted by atomic mass is 32.2. The van der Waals surface area contributed by atoms with E-state index in [4.69, 9.17) is 0 Å². The zero-order chi connectivity index (χ0) is 21.1. The van der Waals surface area contributed by atoms with Crippen molar-refractivity contribution >= 4 is 23.5 Å². The highest BCUT2D eigenvalue weighted by molar-refractivity contribution is 7.99. The molecule has 2 aromatic carbocycles. The molecule has 0 bridgehead atoms. The fourth-order valence-electron chi connectivity index (χ4n) is 4.19. The molecular weight excluding hydrogens is 403 g/mol. The van der Waals surface area contributed by atoms with Crippen molar-refractivity contribution in [1.29, 1.82) is 0 Å². The number of carbonyl (C=O) groups is 2. The van der Waals surface area contributed by atoms with Gasteiger partial charge in [0.2, 0.25) is 5.91 Å². The number of thioether (sulfide) groups is 1. The smallest absolute Gasteiger partial charge is 0.225 e. The van der Waals surface area contributed by atoms with Crippen molar-refractivity contribution in [2.45, 2.75) is 18.7 Å². The summed E-state index contributed by atoms with van der Waals surface area (Å²) >= 11 is 1.60. The Kier molecular flexibility index (Phi) is 6.51. The third-order valence-electron chi connectivity index (χ3n) is 5.82. The van der Waals surface area contributed by atoms with Crippen LogP contribution in [0.5, 0.6) is 0 Å². The lowest BCUT2D eigenvalue weighted by Crippen LogP contribution is -2.47. The average molecular weight is 429 g/mol. The Labute approximate surface area is 179 Å². The van der Waals surface area contributed by atoms with Crippen LogP contribution in [0, 0.1) is 17.7 Å². The van der Waals surface area contributed by atoms with Crippen LogP contribution in [0.2, 0.25) is 0 Å². The fraction of sp³-hybridized carbons (Fsp3) is 0.391. The van der Waals surface area contributed by atoms with Gasteiger partial charge in [0.05, 0.1) is 18.1 Å². The van der Waals surface area contributed by atoms with Crippen LogP contribution in [0.25, 0.3) is 0 Å². The summed E-state index contributed by atoms with van der Waals surface area (Å²) in [6.45, 7) is 1.58. The van der Waals surface area contributed by atoms with Crippen LogP contribution < -0.4 is 5.32 Å². The second kappa shape index (κ2) is 9.29. The molecule has 4 rings (SSSR count). The molecule has 30 heavy (non-hydrogen) atoms. The van der Waals surface area contributed by atoms with Gasteiger partial charge < -0.3 is 10.4 Å². The van der Waals surface area contributed by atoms with E-state index in [2.05, 4.69) is 10.2 Å². The number of halogens is 1. The molecular formula is C23H25FN2O3S. The van der Waals surface area contributed by atoms with Gasteiger partial charge in [-0.3, -0.25) is 14.5 Å². The van der Waals surface area contributed by atoms with E-state index in [9.17, 15) is 19.1 Å². The van der Waals surface area contributed by atoms with Gasteiger partial charge in [-0.25, -0.2) is 4.39 Å². The molecule has 4 atom stereocenters. The molecule has 2 N–H and O–H groups in total. The van der Waals surface area contributed by atoms with Crippen molar-refractivity contribution in [2.75, 3.05) is 24.6 Å². The normalized spacial score (nSPS) is 26.6. The summed E-state index contributed by atoms with van der Waals surface area (Å²) in [7, 11) is 0. The first-order valence-corrected chi connectivity index (χ1v) is 11.3. The van der Waals surface area contributed by atoms with Gasteiger partial charge in [0.25, 0.3) is 0 Å². The molecule has 158 valence electrons. The van der Waals surface area contributed by atoms with Crippen LogP contribution >= 0.6 is 11.8 Å². The quantitative estimate of drug-likeness (QED) is 0.692. The van der Waals surface area contributed by atoms with E-state index < -0.39 is 23.8 Å². The van der Waals surface area contributed by atoms with Crippen LogP contribution in [0.3, 0.4) is 0 Å². The third-order valence-corrected chi connectivity index (χ3v) is 7.00. The third kappa shape index (κ3) is 4.74. The first-order valence-electron chi connectivity index (χ1n) is 10.1. The van der Waals surface area contributed by atoms with Gasteiger partial charge in [0.1, 0.15) is 5.82 Å². The van der Waals surface area contributed by atoms with E-state index in [-0.39, 0.29) is 17.7 Å². The van der Waals surface area contributed by atoms with Crippen LogP contribution in [0.15, 0.2) is 54.6 Å². The molecule has 0 radical (unpaired) electrons. The monoisotopic (exact) mass is 428 g/mol. The Balaban J connectivity index is 1.52. The number of carbonyl (C=O) groups excluding carboxylic acids is 2. The molecule has 2 fully saturated rings. The first kappa shape index (κ1) is 21.0. The van der Waals surface area contributed by atoms with Crippen molar-refractivity contribution in [3.05, 3.63) is 71.5 Å². The number of ketones is 1. The van der Waals surface area contributed by atoms with Gasteiger partial charge in [0.15, 0.2) is 5.78 Å². The molecule has 1 amide bonds. The highest BCUT2D eigenvalue weighted by Crippen LogP contribution is 2.29. The van der Waals surface area contributed by atoms with Gasteiger partial charge in [-0.2, -0.15) is 11.8 Å². The number of rotatable bonds is 6. The molecule has 0 spiro atoms. The molecule has 0 aliphatic carbocycles. The molecule has 0 unspecified atom stereocenters. The zero-order valence-corrected chi connectivity index (χ0v) is 17.4. The van der Waals surface area contributed by atoms with Crippen LogP contribution in [-0.2, 0) is 11.3 Å². The van der Waals surface area contributed by atoms with Crippen molar-refractivity contribution in [3.8, 4) is 0 Å². The number of benzene rings is 2. The molecule has 0 aromatic heterocycles. The number of likely N-dealkylation sites (tertiary alicyclic amines) is 1. The SMILES string of the molecule is O=C(N[C@H]1CSC[C@H]1O)[C@@H]1CN(Cc2ccccc2)C[C@H]1C(=O)c1ccc(F)cc1. The minimum absolute atomic E-state index is 0.146. The van der Waals surface area contributed by atoms with Gasteiger partial charge in [0, 0.05) is 42.6 Å². The first-order chi connectivity index (χ1) is 14.5. The lowest BCUT2D eigenvalue weighted by molar-refractivity contribution is -0.126. The van der Waals surface area contributed by atoms with Crippen molar-refractivity contribution in [3.63, 3.8) is 0 Å². The number of nitrogens with one attached hydrogen (secondary N) is 1. The van der Waals surface area contributed by atoms with Crippen molar-refractivity contribution in [1.82, 2.24) is 10.2 Å². The number of hydrogen-bond acceptors (Lipinski definition) is 5. The minimum Gasteiger partial charge on any atom is -0.390 e. The second-order valence-electron chi connectivity index (χ2n) is 7.98. The summed E-state index contributed by atoms with van der Waals surface area (Å²) in [4.78, 5) is 28.4. The Morgan fingerprint density at radius 3 is 2.40 bits per heavy atom. The molecule has 2 aliphatic rings. The molecule has 2 saturated heterocycles. The second-order valence-corrected chi connectivity index (χ2v) is 9.06. The standard InChI is InChI=1S/C23H25FN2O3S/c24-17-8-6-16(7-9-17)22(28)18-11-26(10-15-4-2-1-3-5-15)12-19(18)23(29)25-20-13-30-14-21(20)27/h1-9,18-21,27H,10-14H2,(H,25,29)/t18-,19-,20+,21-/m1/s1. The lowest BCUT2D eigenvalue weighted by Gasteiger charge is -2.21. The van der Waals surface area contributed by atoms with E-state index in [1.165, 1.54) is 24.3 Å². The lowest BCUT2D eigenvalue weighted by atomic mass is 9.87. The Morgan fingerprint density at radius 1 is 1.03 bits per heavy atom. The van der Waals surface area contributed by atoms with E-state index in [1.807, 2.05) is 30.3 Å². The number of aliphatic hydroxyl groups is 1. The summed E-state index contributed by atoms with van der Waals surface area (Å²) in [5, 5.41) is 13.0. The Hall–Kier alpha value is -2.22. The molecule has 2 heterocycles. The largest absolute Gasteiger partial charge is 0.390 e. The van der Waals surface area contributed by atoms with Crippen molar-refractivity contribution in [2.24, 2.45) is 11.8 Å². The van der Waals surface area contributed by atoms with Crippen LogP contribution in [-0.4, -0.2) is 58.4 Å². The maximum absolute atomic E-state index is 13.3. The summed E-state index contributed by atoms with van der Waals surface area (Å²) in [5.41, 5.74) is 1.53. The van der Waals surface area contributed by atoms with Crippen molar-refractivity contribution < 1.29 is 19.1 Å². The van der Waals surface area contributed by atoms with E-state index in [0.29, 0.717) is 36.7 Å². The van der Waals surface area contributed by atoms with Gasteiger partial charge >= 0.3 is 0 Å². The fourth-order valence-corrected chi connectivity index (χ4v) is 5.36. The summed E-state index contributed by atoms with van der Waals surface area (Å²) < 4.78 is 13.3. The Bertz CT molecular complexity index is 893. The highest BCUT2D eigenvalue weighted by Gasteiger charge is 2.43.